The average Bonchev–Trinajstić information content (AvgIpc) is 2.61. The number of para-hydroxylation sites is 1. The predicted octanol–water partition coefficient (Wildman–Crippen LogP) is 7.54. The maximum atomic E-state index is 6.23. The quantitative estimate of drug-likeness (QED) is 0.299. The molecule has 0 saturated heterocycles. The molecule has 0 bridgehead atoms. The first-order valence-electron chi connectivity index (χ1n) is 8.61. The number of hydrogen-bond donors (Lipinski definition) is 0. The van der Waals surface area contributed by atoms with Crippen LogP contribution in [-0.4, -0.2) is 4.98 Å². The molecule has 0 aliphatic heterocycles. The van der Waals surface area contributed by atoms with E-state index in [2.05, 4.69) is 24.3 Å². The first-order valence-corrected chi connectivity index (χ1v) is 9.75. The minimum Gasteiger partial charge on any atom is -0.253 e. The molecule has 130 valence electrons. The molecule has 1 aromatic heterocycles. The SMILES string of the molecule is Clc1cc(Cl)c(Cl)c(CCCCCCc2ccc3ccccc3n2)c1. The van der Waals surface area contributed by atoms with Gasteiger partial charge in [0.05, 0.1) is 15.6 Å². The minimum atomic E-state index is 0.534. The van der Waals surface area contributed by atoms with E-state index in [1.165, 1.54) is 17.5 Å². The zero-order valence-electron chi connectivity index (χ0n) is 13.9. The van der Waals surface area contributed by atoms with Gasteiger partial charge in [-0.05, 0) is 55.5 Å². The lowest BCUT2D eigenvalue weighted by Gasteiger charge is -2.07. The molecule has 0 aliphatic carbocycles. The van der Waals surface area contributed by atoms with Crippen molar-refractivity contribution in [1.29, 1.82) is 0 Å². The molecule has 0 atom stereocenters. The van der Waals surface area contributed by atoms with E-state index >= 15 is 0 Å². The van der Waals surface area contributed by atoms with Crippen LogP contribution in [0.15, 0.2) is 48.5 Å². The summed E-state index contributed by atoms with van der Waals surface area (Å²) in [4.78, 5) is 4.72. The molecule has 0 unspecified atom stereocenters. The van der Waals surface area contributed by atoms with Gasteiger partial charge in [0, 0.05) is 16.1 Å². The number of aryl methyl sites for hydroxylation is 2. The van der Waals surface area contributed by atoms with Gasteiger partial charge in [0.1, 0.15) is 0 Å². The third kappa shape index (κ3) is 5.10. The van der Waals surface area contributed by atoms with Gasteiger partial charge in [-0.3, -0.25) is 4.98 Å². The Morgan fingerprint density at radius 1 is 0.760 bits per heavy atom. The fourth-order valence-corrected chi connectivity index (χ4v) is 3.75. The van der Waals surface area contributed by atoms with Gasteiger partial charge in [-0.2, -0.15) is 0 Å². The zero-order valence-corrected chi connectivity index (χ0v) is 16.2. The summed E-state index contributed by atoms with van der Waals surface area (Å²) in [6, 6.07) is 16.1. The van der Waals surface area contributed by atoms with Gasteiger partial charge in [-0.25, -0.2) is 0 Å². The molecule has 0 fully saturated rings. The van der Waals surface area contributed by atoms with Crippen LogP contribution >= 0.6 is 34.8 Å². The molecule has 4 heteroatoms. The second-order valence-electron chi connectivity index (χ2n) is 6.27. The molecule has 3 aromatic rings. The van der Waals surface area contributed by atoms with E-state index in [4.69, 9.17) is 39.8 Å². The van der Waals surface area contributed by atoms with Gasteiger partial charge in [0.15, 0.2) is 0 Å². The molecule has 3 rings (SSSR count). The third-order valence-corrected chi connectivity index (χ3v) is 5.41. The standard InChI is InChI=1S/C21H20Cl3N/c22-17-13-16(21(24)19(23)14-17)8-3-1-2-4-9-18-12-11-15-7-5-6-10-20(15)25-18/h5-7,10-14H,1-4,8-9H2. The second-order valence-corrected chi connectivity index (χ2v) is 7.49. The molecule has 0 N–H and O–H groups in total. The highest BCUT2D eigenvalue weighted by Gasteiger charge is 2.07. The summed E-state index contributed by atoms with van der Waals surface area (Å²) in [5, 5.41) is 3.01. The van der Waals surface area contributed by atoms with Gasteiger partial charge in [0.25, 0.3) is 0 Å². The van der Waals surface area contributed by atoms with E-state index in [0.29, 0.717) is 15.1 Å². The molecule has 0 aliphatic rings. The fraction of sp³-hybridized carbons (Fsp3) is 0.286. The van der Waals surface area contributed by atoms with Crippen LogP contribution in [0.2, 0.25) is 15.1 Å². The first-order chi connectivity index (χ1) is 12.1. The highest BCUT2D eigenvalue weighted by molar-refractivity contribution is 6.43. The summed E-state index contributed by atoms with van der Waals surface area (Å²) in [5.74, 6) is 0. The number of benzene rings is 2. The minimum absolute atomic E-state index is 0.534. The Kier molecular flexibility index (Phi) is 6.58. The highest BCUT2D eigenvalue weighted by Crippen LogP contribution is 2.30. The Balaban J connectivity index is 1.43. The Morgan fingerprint density at radius 2 is 1.52 bits per heavy atom. The lowest BCUT2D eigenvalue weighted by Crippen LogP contribution is -1.92. The van der Waals surface area contributed by atoms with Crippen LogP contribution in [0, 0.1) is 0 Å². The van der Waals surface area contributed by atoms with Crippen molar-refractivity contribution in [2.24, 2.45) is 0 Å². The number of unbranched alkanes of at least 4 members (excludes halogenated alkanes) is 3. The summed E-state index contributed by atoms with van der Waals surface area (Å²) < 4.78 is 0. The van der Waals surface area contributed by atoms with Crippen LogP contribution in [-0.2, 0) is 12.8 Å². The third-order valence-electron chi connectivity index (χ3n) is 4.35. The maximum absolute atomic E-state index is 6.23. The van der Waals surface area contributed by atoms with E-state index in [9.17, 15) is 0 Å². The number of pyridine rings is 1. The van der Waals surface area contributed by atoms with E-state index in [1.807, 2.05) is 18.2 Å². The molecule has 1 nitrogen and oxygen atoms in total. The monoisotopic (exact) mass is 391 g/mol. The van der Waals surface area contributed by atoms with Crippen LogP contribution in [0.25, 0.3) is 10.9 Å². The molecule has 25 heavy (non-hydrogen) atoms. The highest BCUT2D eigenvalue weighted by atomic mass is 35.5. The summed E-state index contributed by atoms with van der Waals surface area (Å²) in [7, 11) is 0. The van der Waals surface area contributed by atoms with Crippen LogP contribution in [0.4, 0.5) is 0 Å². The van der Waals surface area contributed by atoms with Crippen molar-refractivity contribution in [3.8, 4) is 0 Å². The van der Waals surface area contributed by atoms with Crippen molar-refractivity contribution in [1.82, 2.24) is 4.98 Å². The van der Waals surface area contributed by atoms with Crippen LogP contribution < -0.4 is 0 Å². The van der Waals surface area contributed by atoms with Crippen LogP contribution in [0.3, 0.4) is 0 Å². The Labute approximate surface area is 163 Å². The van der Waals surface area contributed by atoms with Crippen molar-refractivity contribution in [3.05, 3.63) is 74.9 Å². The largest absolute Gasteiger partial charge is 0.253 e. The molecular formula is C21H20Cl3N. The van der Waals surface area contributed by atoms with E-state index in [0.717, 1.165) is 43.2 Å². The maximum Gasteiger partial charge on any atom is 0.0705 e. The molecule has 2 aromatic carbocycles. The van der Waals surface area contributed by atoms with Crippen molar-refractivity contribution in [2.75, 3.05) is 0 Å². The fourth-order valence-electron chi connectivity index (χ4n) is 3.01. The van der Waals surface area contributed by atoms with Crippen molar-refractivity contribution in [3.63, 3.8) is 0 Å². The predicted molar refractivity (Wildman–Crippen MR) is 109 cm³/mol. The smallest absolute Gasteiger partial charge is 0.0705 e. The van der Waals surface area contributed by atoms with Crippen LogP contribution in [0.5, 0.6) is 0 Å². The number of rotatable bonds is 7. The molecule has 0 amide bonds. The van der Waals surface area contributed by atoms with E-state index in [1.54, 1.807) is 6.07 Å². The van der Waals surface area contributed by atoms with Gasteiger partial charge >= 0.3 is 0 Å². The second kappa shape index (κ2) is 8.89. The van der Waals surface area contributed by atoms with Crippen molar-refractivity contribution in [2.45, 2.75) is 38.5 Å². The van der Waals surface area contributed by atoms with Crippen LogP contribution in [0.1, 0.15) is 36.9 Å². The van der Waals surface area contributed by atoms with Crippen molar-refractivity contribution >= 4 is 45.7 Å². The summed E-state index contributed by atoms with van der Waals surface area (Å²) in [6.45, 7) is 0. The molecular weight excluding hydrogens is 373 g/mol. The number of nitrogens with zero attached hydrogens (tertiary/aromatic N) is 1. The Morgan fingerprint density at radius 3 is 2.36 bits per heavy atom. The van der Waals surface area contributed by atoms with Gasteiger partial charge < -0.3 is 0 Å². The number of halogens is 3. The van der Waals surface area contributed by atoms with Crippen molar-refractivity contribution < 1.29 is 0 Å². The number of fused-ring (bicyclic) bond motifs is 1. The normalized spacial score (nSPS) is 11.2. The summed E-state index contributed by atoms with van der Waals surface area (Å²) >= 11 is 18.3. The van der Waals surface area contributed by atoms with Gasteiger partial charge in [-0.1, -0.05) is 71.9 Å². The van der Waals surface area contributed by atoms with Gasteiger partial charge in [-0.15, -0.1) is 0 Å². The average molecular weight is 393 g/mol. The molecule has 1 heterocycles. The van der Waals surface area contributed by atoms with Gasteiger partial charge in [0.2, 0.25) is 0 Å². The van der Waals surface area contributed by atoms with E-state index in [-0.39, 0.29) is 0 Å². The zero-order chi connectivity index (χ0) is 17.6. The molecule has 0 saturated carbocycles. The molecule has 0 spiro atoms. The topological polar surface area (TPSA) is 12.9 Å². The van der Waals surface area contributed by atoms with E-state index < -0.39 is 0 Å². The number of hydrogen-bond acceptors (Lipinski definition) is 1. The lowest BCUT2D eigenvalue weighted by atomic mass is 10.0. The lowest BCUT2D eigenvalue weighted by molar-refractivity contribution is 0.636. The first kappa shape index (κ1) is 18.5. The summed E-state index contributed by atoms with van der Waals surface area (Å²) in [5.41, 5.74) is 3.28. The molecule has 0 radical (unpaired) electrons. The Hall–Kier alpha value is -1.28. The Bertz CT molecular complexity index is 861. The summed E-state index contributed by atoms with van der Waals surface area (Å²) in [6.07, 6.45) is 6.51. The number of aromatic nitrogens is 1.